The maximum atomic E-state index is 13.5. The number of aromatic nitrogens is 2. The number of hydrogen-bond donors (Lipinski definition) is 0. The van der Waals surface area contributed by atoms with Crippen LogP contribution < -0.4 is 0 Å². The van der Waals surface area contributed by atoms with E-state index in [4.69, 9.17) is 0 Å². The SMILES string of the molecule is Cc1ccccc1-n1nc(C(F)(F)F)c(-c2ccccc2)c1C#N. The second-order valence-corrected chi connectivity index (χ2v) is 5.25. The van der Waals surface area contributed by atoms with Gasteiger partial charge in [-0.3, -0.25) is 0 Å². The van der Waals surface area contributed by atoms with E-state index in [1.165, 1.54) is 12.1 Å². The third-order valence-electron chi connectivity index (χ3n) is 3.67. The summed E-state index contributed by atoms with van der Waals surface area (Å²) in [5.74, 6) is 0. The van der Waals surface area contributed by atoms with Gasteiger partial charge in [-0.1, -0.05) is 48.5 Å². The highest BCUT2D eigenvalue weighted by Crippen LogP contribution is 2.39. The van der Waals surface area contributed by atoms with Crippen LogP contribution in [-0.4, -0.2) is 9.78 Å². The lowest BCUT2D eigenvalue weighted by Crippen LogP contribution is -2.09. The van der Waals surface area contributed by atoms with Gasteiger partial charge in [-0.05, 0) is 24.1 Å². The van der Waals surface area contributed by atoms with Gasteiger partial charge in [0.1, 0.15) is 6.07 Å². The van der Waals surface area contributed by atoms with Crippen molar-refractivity contribution >= 4 is 0 Å². The van der Waals surface area contributed by atoms with Crippen molar-refractivity contribution in [1.29, 1.82) is 5.26 Å². The quantitative estimate of drug-likeness (QED) is 0.682. The number of hydrogen-bond acceptors (Lipinski definition) is 2. The van der Waals surface area contributed by atoms with Crippen molar-refractivity contribution in [1.82, 2.24) is 9.78 Å². The molecular weight excluding hydrogens is 315 g/mol. The minimum atomic E-state index is -4.66. The Bertz CT molecular complexity index is 919. The molecule has 0 aliphatic carbocycles. The molecule has 3 nitrogen and oxygen atoms in total. The Kier molecular flexibility index (Phi) is 3.86. The second kappa shape index (κ2) is 5.85. The Morgan fingerprint density at radius 3 is 2.21 bits per heavy atom. The van der Waals surface area contributed by atoms with E-state index in [-0.39, 0.29) is 11.3 Å². The molecule has 0 saturated carbocycles. The zero-order valence-electron chi connectivity index (χ0n) is 12.7. The minimum Gasteiger partial charge on any atom is -0.222 e. The van der Waals surface area contributed by atoms with Gasteiger partial charge in [-0.15, -0.1) is 0 Å². The Morgan fingerprint density at radius 2 is 1.62 bits per heavy atom. The van der Waals surface area contributed by atoms with Crippen molar-refractivity contribution in [2.45, 2.75) is 13.1 Å². The van der Waals surface area contributed by atoms with Crippen LogP contribution in [0, 0.1) is 18.3 Å². The maximum Gasteiger partial charge on any atom is 0.435 e. The normalized spacial score (nSPS) is 11.3. The molecule has 3 rings (SSSR count). The van der Waals surface area contributed by atoms with E-state index in [2.05, 4.69) is 5.10 Å². The molecule has 1 aromatic heterocycles. The largest absolute Gasteiger partial charge is 0.435 e. The number of alkyl halides is 3. The summed E-state index contributed by atoms with van der Waals surface area (Å²) >= 11 is 0. The van der Waals surface area contributed by atoms with Gasteiger partial charge in [-0.2, -0.15) is 23.5 Å². The smallest absolute Gasteiger partial charge is 0.222 e. The molecule has 0 bridgehead atoms. The minimum absolute atomic E-state index is 0.136. The third-order valence-corrected chi connectivity index (χ3v) is 3.67. The lowest BCUT2D eigenvalue weighted by Gasteiger charge is -2.06. The van der Waals surface area contributed by atoms with Crippen LogP contribution in [0.3, 0.4) is 0 Å². The van der Waals surface area contributed by atoms with Crippen LogP contribution in [0.15, 0.2) is 54.6 Å². The molecule has 120 valence electrons. The molecule has 3 aromatic rings. The van der Waals surface area contributed by atoms with Gasteiger partial charge in [0.15, 0.2) is 11.4 Å². The van der Waals surface area contributed by atoms with Crippen molar-refractivity contribution in [3.63, 3.8) is 0 Å². The predicted molar refractivity (Wildman–Crippen MR) is 83.5 cm³/mol. The summed E-state index contributed by atoms with van der Waals surface area (Å²) in [6.07, 6.45) is -4.66. The van der Waals surface area contributed by atoms with E-state index in [9.17, 15) is 18.4 Å². The summed E-state index contributed by atoms with van der Waals surface area (Å²) in [4.78, 5) is 0. The Labute approximate surface area is 136 Å². The van der Waals surface area contributed by atoms with Crippen LogP contribution in [-0.2, 0) is 6.18 Å². The monoisotopic (exact) mass is 327 g/mol. The number of aryl methyl sites for hydroxylation is 1. The summed E-state index contributed by atoms with van der Waals surface area (Å²) in [7, 11) is 0. The van der Waals surface area contributed by atoms with Crippen LogP contribution in [0.4, 0.5) is 13.2 Å². The molecule has 0 unspecified atom stereocenters. The van der Waals surface area contributed by atoms with Crippen LogP contribution >= 0.6 is 0 Å². The predicted octanol–water partition coefficient (Wildman–Crippen LogP) is 4.74. The molecule has 0 N–H and O–H groups in total. The zero-order chi connectivity index (χ0) is 17.3. The number of halogens is 3. The molecule has 0 amide bonds. The Balaban J connectivity index is 2.37. The average Bonchev–Trinajstić information content (AvgIpc) is 2.95. The molecule has 6 heteroatoms. The number of rotatable bonds is 2. The van der Waals surface area contributed by atoms with Gasteiger partial charge >= 0.3 is 6.18 Å². The summed E-state index contributed by atoms with van der Waals surface area (Å²) in [6, 6.07) is 16.8. The van der Waals surface area contributed by atoms with Crippen molar-refractivity contribution in [3.8, 4) is 22.9 Å². The van der Waals surface area contributed by atoms with Crippen molar-refractivity contribution in [2.24, 2.45) is 0 Å². The van der Waals surface area contributed by atoms with Crippen LogP contribution in [0.1, 0.15) is 17.0 Å². The van der Waals surface area contributed by atoms with Crippen molar-refractivity contribution < 1.29 is 13.2 Å². The fourth-order valence-corrected chi connectivity index (χ4v) is 2.57. The molecule has 0 aliphatic rings. The average molecular weight is 327 g/mol. The van der Waals surface area contributed by atoms with E-state index in [1.807, 2.05) is 6.07 Å². The summed E-state index contributed by atoms with van der Waals surface area (Å²) in [5.41, 5.74) is 0.0814. The molecule has 1 heterocycles. The molecular formula is C18H12F3N3. The molecule has 0 saturated heterocycles. The van der Waals surface area contributed by atoms with Gasteiger partial charge < -0.3 is 0 Å². The van der Waals surface area contributed by atoms with E-state index in [0.717, 1.165) is 10.2 Å². The molecule has 0 fully saturated rings. The molecule has 0 atom stereocenters. The van der Waals surface area contributed by atoms with Gasteiger partial charge in [-0.25, -0.2) is 4.68 Å². The molecule has 0 spiro atoms. The maximum absolute atomic E-state index is 13.5. The molecule has 24 heavy (non-hydrogen) atoms. The van der Waals surface area contributed by atoms with Gasteiger partial charge in [0, 0.05) is 0 Å². The van der Waals surface area contributed by atoms with E-state index in [0.29, 0.717) is 11.3 Å². The highest BCUT2D eigenvalue weighted by molar-refractivity contribution is 5.73. The van der Waals surface area contributed by atoms with Crippen LogP contribution in [0.25, 0.3) is 16.8 Å². The first kappa shape index (κ1) is 15.8. The van der Waals surface area contributed by atoms with E-state index >= 15 is 0 Å². The first-order valence-electron chi connectivity index (χ1n) is 7.15. The Morgan fingerprint density at radius 1 is 1.00 bits per heavy atom. The summed E-state index contributed by atoms with van der Waals surface area (Å²) in [5, 5.41) is 13.2. The standard InChI is InChI=1S/C18H12F3N3/c1-12-7-5-6-10-14(12)24-15(11-22)16(13-8-3-2-4-9-13)17(23-24)18(19,20)21/h2-10H,1H3. The highest BCUT2D eigenvalue weighted by Gasteiger charge is 2.40. The summed E-state index contributed by atoms with van der Waals surface area (Å²) in [6.45, 7) is 1.76. The molecule has 2 aromatic carbocycles. The zero-order valence-corrected chi connectivity index (χ0v) is 12.7. The third kappa shape index (κ3) is 2.65. The highest BCUT2D eigenvalue weighted by atomic mass is 19.4. The summed E-state index contributed by atoms with van der Waals surface area (Å²) < 4.78 is 41.6. The Hall–Kier alpha value is -3.07. The van der Waals surface area contributed by atoms with Crippen LogP contribution in [0.5, 0.6) is 0 Å². The van der Waals surface area contributed by atoms with Crippen molar-refractivity contribution in [3.05, 3.63) is 71.5 Å². The van der Waals surface area contributed by atoms with E-state index in [1.54, 1.807) is 49.4 Å². The second-order valence-electron chi connectivity index (χ2n) is 5.25. The van der Waals surface area contributed by atoms with Gasteiger partial charge in [0.25, 0.3) is 0 Å². The lowest BCUT2D eigenvalue weighted by atomic mass is 10.0. The number of para-hydroxylation sites is 1. The lowest BCUT2D eigenvalue weighted by molar-refractivity contribution is -0.140. The topological polar surface area (TPSA) is 41.6 Å². The van der Waals surface area contributed by atoms with Crippen LogP contribution in [0.2, 0.25) is 0 Å². The van der Waals surface area contributed by atoms with Crippen molar-refractivity contribution in [2.75, 3.05) is 0 Å². The first-order chi connectivity index (χ1) is 11.4. The molecule has 0 radical (unpaired) electrons. The van der Waals surface area contributed by atoms with Gasteiger partial charge in [0.2, 0.25) is 0 Å². The number of nitrogens with zero attached hydrogens (tertiary/aromatic N) is 3. The van der Waals surface area contributed by atoms with E-state index < -0.39 is 11.9 Å². The fraction of sp³-hybridized carbons (Fsp3) is 0.111. The molecule has 0 aliphatic heterocycles. The first-order valence-corrected chi connectivity index (χ1v) is 7.15. The number of benzene rings is 2. The van der Waals surface area contributed by atoms with Gasteiger partial charge in [0.05, 0.1) is 11.3 Å². The fourth-order valence-electron chi connectivity index (χ4n) is 2.57. The number of nitriles is 1.